The largest absolute Gasteiger partial charge is 0.462 e. The number of ketones is 1. The molecule has 33 heavy (non-hydrogen) atoms. The van der Waals surface area contributed by atoms with Gasteiger partial charge in [0, 0.05) is 18.3 Å². The highest BCUT2D eigenvalue weighted by Crippen LogP contribution is 2.73. The highest BCUT2D eigenvalue weighted by molar-refractivity contribution is 5.83. The lowest BCUT2D eigenvalue weighted by Crippen LogP contribution is -2.69. The lowest BCUT2D eigenvalue weighted by Gasteiger charge is -2.71. The van der Waals surface area contributed by atoms with Crippen molar-refractivity contribution in [3.63, 3.8) is 0 Å². The normalized spacial score (nSPS) is 50.8. The van der Waals surface area contributed by atoms with Gasteiger partial charge in [-0.3, -0.25) is 9.59 Å². The Morgan fingerprint density at radius 1 is 0.909 bits per heavy atom. The molecule has 0 aromatic rings. The molecule has 4 rings (SSSR count). The average molecular weight is 461 g/mol. The third-order valence-corrected chi connectivity index (χ3v) is 11.5. The van der Waals surface area contributed by atoms with E-state index >= 15 is 0 Å². The van der Waals surface area contributed by atoms with Gasteiger partial charge in [-0.05, 0) is 79.4 Å². The second kappa shape index (κ2) is 7.90. The lowest BCUT2D eigenvalue weighted by molar-refractivity contribution is -0.261. The molecule has 4 saturated carbocycles. The molecule has 0 bridgehead atoms. The molecule has 0 aliphatic heterocycles. The van der Waals surface area contributed by atoms with Gasteiger partial charge in [0.15, 0.2) is 0 Å². The van der Waals surface area contributed by atoms with Gasteiger partial charge in [0.1, 0.15) is 18.2 Å². The van der Waals surface area contributed by atoms with Crippen molar-refractivity contribution in [3.8, 4) is 0 Å². The molecule has 0 unspecified atom stereocenters. The van der Waals surface area contributed by atoms with E-state index in [1.165, 1.54) is 33.1 Å². The Morgan fingerprint density at radius 2 is 1.55 bits per heavy atom. The predicted octanol–water partition coefficient (Wildman–Crippen LogP) is 4.98. The molecule has 0 heterocycles. The van der Waals surface area contributed by atoms with Crippen LogP contribution in [0.1, 0.15) is 93.4 Å². The zero-order valence-electron chi connectivity index (χ0n) is 21.6. The van der Waals surface area contributed by atoms with Crippen molar-refractivity contribution in [2.45, 2.75) is 106 Å². The Kier molecular flexibility index (Phi) is 5.95. The number of carbonyl (C=O) groups excluding carboxylic acids is 3. The van der Waals surface area contributed by atoms with Gasteiger partial charge in [-0.1, -0.05) is 41.0 Å². The highest BCUT2D eigenvalue weighted by Gasteiger charge is 2.71. The zero-order valence-corrected chi connectivity index (χ0v) is 21.6. The van der Waals surface area contributed by atoms with Gasteiger partial charge >= 0.3 is 5.97 Å². The molecule has 186 valence electrons. The number of fused-ring (bicyclic) bond motifs is 5. The number of aliphatic hydroxyl groups is 1. The van der Waals surface area contributed by atoms with Gasteiger partial charge in [0.2, 0.25) is 0 Å². The fourth-order valence-corrected chi connectivity index (χ4v) is 10.2. The molecule has 10 atom stereocenters. The molecule has 0 radical (unpaired) electrons. The van der Waals surface area contributed by atoms with E-state index in [1.54, 1.807) is 0 Å². The monoisotopic (exact) mass is 460 g/mol. The minimum atomic E-state index is -0.836. The molecule has 1 N–H and O–H groups in total. The van der Waals surface area contributed by atoms with Gasteiger partial charge in [-0.15, -0.1) is 0 Å². The first-order valence-electron chi connectivity index (χ1n) is 13.0. The molecular formula is C28H44O5. The SMILES string of the molecule is CC(=O)O[C@H]1C[C@@H]2[C@@]3(C)CCCC(C)(C)[C@@H]3CC[C@@]2(C)[C@@H]2C[C@H](O)[C@@H](C(C)=O)[C@H](C=O)[C@@]12C. The molecule has 4 aliphatic carbocycles. The summed E-state index contributed by atoms with van der Waals surface area (Å²) >= 11 is 0. The lowest BCUT2D eigenvalue weighted by atomic mass is 9.34. The van der Waals surface area contributed by atoms with Gasteiger partial charge in [0.25, 0.3) is 0 Å². The van der Waals surface area contributed by atoms with Gasteiger partial charge in [-0.25, -0.2) is 0 Å². The third kappa shape index (κ3) is 3.38. The molecule has 0 spiro atoms. The molecule has 0 aromatic heterocycles. The predicted molar refractivity (Wildman–Crippen MR) is 126 cm³/mol. The first-order chi connectivity index (χ1) is 15.2. The number of hydrogen-bond acceptors (Lipinski definition) is 5. The van der Waals surface area contributed by atoms with Crippen LogP contribution in [0.2, 0.25) is 0 Å². The van der Waals surface area contributed by atoms with Gasteiger partial charge in [0.05, 0.1) is 12.0 Å². The van der Waals surface area contributed by atoms with Crippen molar-refractivity contribution in [1.29, 1.82) is 0 Å². The smallest absolute Gasteiger partial charge is 0.302 e. The number of hydrogen-bond donors (Lipinski definition) is 1. The van der Waals surface area contributed by atoms with Crippen molar-refractivity contribution in [3.05, 3.63) is 0 Å². The van der Waals surface area contributed by atoms with E-state index in [4.69, 9.17) is 4.74 Å². The molecule has 5 heteroatoms. The van der Waals surface area contributed by atoms with Crippen LogP contribution in [-0.4, -0.2) is 35.4 Å². The Morgan fingerprint density at radius 3 is 2.12 bits per heavy atom. The Labute approximate surface area is 199 Å². The van der Waals surface area contributed by atoms with Crippen molar-refractivity contribution < 1.29 is 24.2 Å². The van der Waals surface area contributed by atoms with Crippen LogP contribution in [-0.2, 0) is 19.1 Å². The summed E-state index contributed by atoms with van der Waals surface area (Å²) in [6.45, 7) is 14.6. The first-order valence-corrected chi connectivity index (χ1v) is 13.0. The maximum absolute atomic E-state index is 12.6. The first kappa shape index (κ1) is 24.9. The van der Waals surface area contributed by atoms with E-state index in [0.717, 1.165) is 25.5 Å². The molecule has 4 aliphatic rings. The average Bonchev–Trinajstić information content (AvgIpc) is 2.68. The summed E-state index contributed by atoms with van der Waals surface area (Å²) in [5.74, 6) is -0.907. The van der Waals surface area contributed by atoms with Crippen molar-refractivity contribution in [2.75, 3.05) is 0 Å². The Bertz CT molecular complexity index is 834. The van der Waals surface area contributed by atoms with Crippen LogP contribution < -0.4 is 0 Å². The van der Waals surface area contributed by atoms with Gasteiger partial charge in [-0.2, -0.15) is 0 Å². The Balaban J connectivity index is 1.86. The molecule has 0 aromatic carbocycles. The molecule has 0 saturated heterocycles. The second-order valence-corrected chi connectivity index (χ2v) is 13.4. The number of esters is 1. The number of aldehydes is 1. The Hall–Kier alpha value is -1.23. The molecule has 5 nitrogen and oxygen atoms in total. The van der Waals surface area contributed by atoms with E-state index in [1.807, 2.05) is 0 Å². The van der Waals surface area contributed by atoms with Crippen molar-refractivity contribution >= 4 is 18.0 Å². The number of rotatable bonds is 3. The maximum atomic E-state index is 12.6. The van der Waals surface area contributed by atoms with E-state index in [2.05, 4.69) is 34.6 Å². The van der Waals surface area contributed by atoms with E-state index in [0.29, 0.717) is 18.3 Å². The summed E-state index contributed by atoms with van der Waals surface area (Å²) in [6.07, 6.45) is 6.66. The van der Waals surface area contributed by atoms with Crippen LogP contribution in [0.5, 0.6) is 0 Å². The summed E-state index contributed by atoms with van der Waals surface area (Å²) in [4.78, 5) is 37.4. The van der Waals surface area contributed by atoms with Crippen LogP contribution in [0.15, 0.2) is 0 Å². The summed E-state index contributed by atoms with van der Waals surface area (Å²) < 4.78 is 6.04. The van der Waals surface area contributed by atoms with Crippen LogP contribution in [0.25, 0.3) is 0 Å². The summed E-state index contributed by atoms with van der Waals surface area (Å²) in [7, 11) is 0. The number of ether oxygens (including phenoxy) is 1. The third-order valence-electron chi connectivity index (χ3n) is 11.5. The fraction of sp³-hybridized carbons (Fsp3) is 0.893. The topological polar surface area (TPSA) is 80.7 Å². The molecule has 4 fully saturated rings. The molecule has 0 amide bonds. The summed E-state index contributed by atoms with van der Waals surface area (Å²) in [5.41, 5.74) is -0.327. The van der Waals surface area contributed by atoms with Crippen LogP contribution >= 0.6 is 0 Å². The van der Waals surface area contributed by atoms with E-state index in [9.17, 15) is 19.5 Å². The standard InChI is InChI=1S/C28H44O5/c1-16(30)24-18(15-29)28(7)22(13-19(24)32)27(6)12-9-20-25(3,4)10-8-11-26(20,5)21(27)14-23(28)33-17(2)31/h15,18-24,32H,8-14H2,1-7H3/t18-,19-,20-,21+,22-,23-,24-,26-,27+,28+/m0/s1. The van der Waals surface area contributed by atoms with Gasteiger partial charge < -0.3 is 14.6 Å². The van der Waals surface area contributed by atoms with Crippen molar-refractivity contribution in [2.24, 2.45) is 51.2 Å². The van der Waals surface area contributed by atoms with Crippen LogP contribution in [0.4, 0.5) is 0 Å². The van der Waals surface area contributed by atoms with Crippen LogP contribution in [0, 0.1) is 51.2 Å². The summed E-state index contributed by atoms with van der Waals surface area (Å²) in [6, 6.07) is 0. The fourth-order valence-electron chi connectivity index (χ4n) is 10.2. The number of Topliss-reactive ketones (excluding diaryl/α,β-unsaturated/α-hetero) is 1. The highest BCUT2D eigenvalue weighted by atomic mass is 16.5. The van der Waals surface area contributed by atoms with E-state index < -0.39 is 29.5 Å². The molecular weight excluding hydrogens is 416 g/mol. The number of carbonyl (C=O) groups is 3. The minimum absolute atomic E-state index is 0.0108. The van der Waals surface area contributed by atoms with Crippen molar-refractivity contribution in [1.82, 2.24) is 0 Å². The zero-order chi connectivity index (χ0) is 24.6. The van der Waals surface area contributed by atoms with E-state index in [-0.39, 0.29) is 33.9 Å². The maximum Gasteiger partial charge on any atom is 0.302 e. The van der Waals surface area contributed by atoms with Crippen LogP contribution in [0.3, 0.4) is 0 Å². The minimum Gasteiger partial charge on any atom is -0.462 e. The second-order valence-electron chi connectivity index (χ2n) is 13.4. The quantitative estimate of drug-likeness (QED) is 0.475. The number of aliphatic hydroxyl groups excluding tert-OH is 1. The summed E-state index contributed by atoms with van der Waals surface area (Å²) in [5, 5.41) is 11.2.